The first-order chi connectivity index (χ1) is 7.22. The Morgan fingerprint density at radius 3 is 3.07 bits per heavy atom. The second-order valence-corrected chi connectivity index (χ2v) is 3.65. The van der Waals surface area contributed by atoms with E-state index in [0.29, 0.717) is 18.8 Å². The molecular weight excluding hydrogens is 194 g/mol. The van der Waals surface area contributed by atoms with E-state index in [1.165, 1.54) is 0 Å². The van der Waals surface area contributed by atoms with Crippen LogP contribution in [0.1, 0.15) is 18.1 Å². The van der Waals surface area contributed by atoms with Gasteiger partial charge in [0.05, 0.1) is 19.8 Å². The van der Waals surface area contributed by atoms with Gasteiger partial charge in [0.25, 0.3) is 0 Å². The van der Waals surface area contributed by atoms with Crippen molar-refractivity contribution < 1.29 is 14.6 Å². The van der Waals surface area contributed by atoms with Crippen LogP contribution < -0.4 is 15.2 Å². The molecule has 0 aromatic heterocycles. The van der Waals surface area contributed by atoms with Crippen molar-refractivity contribution in [3.05, 3.63) is 23.8 Å². The molecule has 2 atom stereocenters. The van der Waals surface area contributed by atoms with Crippen LogP contribution in [0.3, 0.4) is 0 Å². The highest BCUT2D eigenvalue weighted by Gasteiger charge is 2.24. The first-order valence-electron chi connectivity index (χ1n) is 4.96. The number of fused-ring (bicyclic) bond motifs is 1. The molecule has 0 spiro atoms. The van der Waals surface area contributed by atoms with E-state index in [1.807, 2.05) is 0 Å². The molecular formula is C11H15NO3. The first kappa shape index (κ1) is 10.3. The highest BCUT2D eigenvalue weighted by Crippen LogP contribution is 2.33. The van der Waals surface area contributed by atoms with Crippen molar-refractivity contribution in [2.24, 2.45) is 5.73 Å². The predicted molar refractivity (Wildman–Crippen MR) is 56.0 cm³/mol. The van der Waals surface area contributed by atoms with Crippen LogP contribution in [-0.2, 0) is 0 Å². The molecule has 3 N–H and O–H groups in total. The molecule has 0 bridgehead atoms. The van der Waals surface area contributed by atoms with Crippen LogP contribution in [0.25, 0.3) is 0 Å². The summed E-state index contributed by atoms with van der Waals surface area (Å²) in [5.74, 6) is 1.38. The molecule has 1 heterocycles. The van der Waals surface area contributed by atoms with E-state index in [9.17, 15) is 5.11 Å². The Kier molecular flexibility index (Phi) is 2.79. The van der Waals surface area contributed by atoms with Crippen LogP contribution in [0.15, 0.2) is 18.2 Å². The summed E-state index contributed by atoms with van der Waals surface area (Å²) in [6.07, 6.45) is -0.00793. The minimum Gasteiger partial charge on any atom is -0.497 e. The van der Waals surface area contributed by atoms with Crippen LogP contribution in [0, 0.1) is 0 Å². The molecule has 82 valence electrons. The van der Waals surface area contributed by atoms with Gasteiger partial charge in [-0.25, -0.2) is 0 Å². The van der Waals surface area contributed by atoms with Crippen LogP contribution in [0.4, 0.5) is 0 Å². The molecule has 15 heavy (non-hydrogen) atoms. The fourth-order valence-corrected chi connectivity index (χ4v) is 1.70. The number of rotatable bonds is 1. The lowest BCUT2D eigenvalue weighted by atomic mass is 10.0. The number of nitrogens with two attached hydrogens (primary N) is 1. The van der Waals surface area contributed by atoms with Gasteiger partial charge < -0.3 is 20.3 Å². The lowest BCUT2D eigenvalue weighted by molar-refractivity contribution is 0.145. The number of aliphatic hydroxyl groups excluding tert-OH is 1. The summed E-state index contributed by atoms with van der Waals surface area (Å²) in [7, 11) is 1.60. The van der Waals surface area contributed by atoms with E-state index in [-0.39, 0.29) is 6.04 Å². The number of hydrogen-bond donors (Lipinski definition) is 2. The van der Waals surface area contributed by atoms with Crippen LogP contribution in [-0.4, -0.2) is 24.9 Å². The van der Waals surface area contributed by atoms with Gasteiger partial charge in [-0.2, -0.15) is 0 Å². The Bertz CT molecular complexity index is 354. The molecule has 0 radical (unpaired) electrons. The van der Waals surface area contributed by atoms with Crippen LogP contribution in [0.5, 0.6) is 11.5 Å². The summed E-state index contributed by atoms with van der Waals surface area (Å²) in [6, 6.07) is 5.10. The Morgan fingerprint density at radius 1 is 1.53 bits per heavy atom. The van der Waals surface area contributed by atoms with Crippen molar-refractivity contribution in [3.63, 3.8) is 0 Å². The maximum absolute atomic E-state index is 9.93. The van der Waals surface area contributed by atoms with Gasteiger partial charge in [0.1, 0.15) is 11.5 Å². The summed E-state index contributed by atoms with van der Waals surface area (Å²) in [5, 5.41) is 9.93. The zero-order valence-electron chi connectivity index (χ0n) is 8.64. The van der Waals surface area contributed by atoms with Crippen molar-refractivity contribution in [2.75, 3.05) is 13.7 Å². The van der Waals surface area contributed by atoms with Crippen LogP contribution >= 0.6 is 0 Å². The van der Waals surface area contributed by atoms with E-state index in [0.717, 1.165) is 11.3 Å². The zero-order chi connectivity index (χ0) is 10.8. The highest BCUT2D eigenvalue weighted by atomic mass is 16.5. The predicted octanol–water partition coefficient (Wildman–Crippen LogP) is 0.838. The van der Waals surface area contributed by atoms with Gasteiger partial charge in [0.2, 0.25) is 0 Å². The van der Waals surface area contributed by atoms with Crippen molar-refractivity contribution >= 4 is 0 Å². The summed E-state index contributed by atoms with van der Waals surface area (Å²) in [5.41, 5.74) is 6.54. The largest absolute Gasteiger partial charge is 0.497 e. The average Bonchev–Trinajstić information content (AvgIpc) is 2.40. The van der Waals surface area contributed by atoms with E-state index >= 15 is 0 Å². The van der Waals surface area contributed by atoms with Gasteiger partial charge in [-0.15, -0.1) is 0 Å². The van der Waals surface area contributed by atoms with E-state index in [2.05, 4.69) is 0 Å². The molecule has 0 saturated carbocycles. The van der Waals surface area contributed by atoms with Crippen molar-refractivity contribution in [3.8, 4) is 11.5 Å². The molecule has 0 aliphatic carbocycles. The van der Waals surface area contributed by atoms with Gasteiger partial charge in [-0.1, -0.05) is 0 Å². The first-order valence-corrected chi connectivity index (χ1v) is 4.96. The Labute approximate surface area is 88.6 Å². The molecule has 2 rings (SSSR count). The van der Waals surface area contributed by atoms with E-state index in [4.69, 9.17) is 15.2 Å². The van der Waals surface area contributed by atoms with Gasteiger partial charge in [-0.3, -0.25) is 0 Å². The third-order valence-electron chi connectivity index (χ3n) is 2.65. The minimum atomic E-state index is -0.659. The fourth-order valence-electron chi connectivity index (χ4n) is 1.70. The molecule has 4 nitrogen and oxygen atoms in total. The summed E-state index contributed by atoms with van der Waals surface area (Å²) >= 11 is 0. The maximum Gasteiger partial charge on any atom is 0.128 e. The minimum absolute atomic E-state index is 0.264. The molecule has 0 unspecified atom stereocenters. The van der Waals surface area contributed by atoms with E-state index < -0.39 is 6.10 Å². The highest BCUT2D eigenvalue weighted by molar-refractivity contribution is 5.43. The number of methoxy groups -OCH3 is 1. The summed E-state index contributed by atoms with van der Waals surface area (Å²) in [4.78, 5) is 0. The van der Waals surface area contributed by atoms with Crippen molar-refractivity contribution in [1.82, 2.24) is 0 Å². The average molecular weight is 209 g/mol. The number of aliphatic hydroxyl groups is 1. The maximum atomic E-state index is 9.93. The lowest BCUT2D eigenvalue weighted by Gasteiger charge is -2.16. The number of ether oxygens (including phenoxy) is 2. The molecule has 4 heteroatoms. The van der Waals surface area contributed by atoms with Gasteiger partial charge in [-0.05, 0) is 18.6 Å². The standard InChI is InChI=1S/C11H15NO3/c1-14-7-2-3-8-10(6-7)15-5-4-9(12)11(8)13/h2-3,6,9,11,13H,4-5,12H2,1H3/t9-,11-/m0/s1. The van der Waals surface area contributed by atoms with Gasteiger partial charge in [0.15, 0.2) is 0 Å². The summed E-state index contributed by atoms with van der Waals surface area (Å²) < 4.78 is 10.6. The van der Waals surface area contributed by atoms with Crippen molar-refractivity contribution in [1.29, 1.82) is 0 Å². The Morgan fingerprint density at radius 2 is 2.33 bits per heavy atom. The third kappa shape index (κ3) is 1.91. The lowest BCUT2D eigenvalue weighted by Crippen LogP contribution is -2.28. The monoisotopic (exact) mass is 209 g/mol. The van der Waals surface area contributed by atoms with Gasteiger partial charge in [0, 0.05) is 17.7 Å². The second kappa shape index (κ2) is 4.08. The zero-order valence-corrected chi connectivity index (χ0v) is 8.64. The smallest absolute Gasteiger partial charge is 0.128 e. The molecule has 1 aromatic rings. The van der Waals surface area contributed by atoms with E-state index in [1.54, 1.807) is 25.3 Å². The van der Waals surface area contributed by atoms with Crippen LogP contribution in [0.2, 0.25) is 0 Å². The molecule has 0 amide bonds. The van der Waals surface area contributed by atoms with Gasteiger partial charge >= 0.3 is 0 Å². The second-order valence-electron chi connectivity index (χ2n) is 3.65. The molecule has 0 saturated heterocycles. The van der Waals surface area contributed by atoms with Crippen molar-refractivity contribution in [2.45, 2.75) is 18.6 Å². The SMILES string of the molecule is COc1ccc2c(c1)OCC[C@H](N)[C@H]2O. The number of hydrogen-bond acceptors (Lipinski definition) is 4. The normalized spacial score (nSPS) is 25.0. The Balaban J connectivity index is 2.39. The molecule has 1 aromatic carbocycles. The fraction of sp³-hybridized carbons (Fsp3) is 0.455. The molecule has 1 aliphatic heterocycles. The quantitative estimate of drug-likeness (QED) is 0.719. The topological polar surface area (TPSA) is 64.7 Å². The number of benzene rings is 1. The Hall–Kier alpha value is -1.26. The third-order valence-corrected chi connectivity index (χ3v) is 2.65. The molecule has 0 fully saturated rings. The summed E-state index contributed by atoms with van der Waals surface area (Å²) in [6.45, 7) is 0.526. The molecule has 1 aliphatic rings.